The van der Waals surface area contributed by atoms with Crippen molar-refractivity contribution in [1.29, 1.82) is 0 Å². The molecule has 5 nitrogen and oxygen atoms in total. The molecule has 148 valence electrons. The van der Waals surface area contributed by atoms with Crippen LogP contribution in [-0.4, -0.2) is 42.1 Å². The largest absolute Gasteiger partial charge is 0.350 e. The maximum Gasteiger partial charge on any atom is 0.251 e. The third-order valence-electron chi connectivity index (χ3n) is 5.46. The zero-order valence-electron chi connectivity index (χ0n) is 15.9. The van der Waals surface area contributed by atoms with Crippen molar-refractivity contribution in [3.63, 3.8) is 0 Å². The number of amides is 2. The Morgan fingerprint density at radius 3 is 2.89 bits per heavy atom. The highest BCUT2D eigenvalue weighted by Crippen LogP contribution is 2.32. The third kappa shape index (κ3) is 4.42. The summed E-state index contributed by atoms with van der Waals surface area (Å²) in [4.78, 5) is 29.2. The van der Waals surface area contributed by atoms with Crippen LogP contribution in [0.5, 0.6) is 0 Å². The Labute approximate surface area is 173 Å². The number of hydrogen-bond acceptors (Lipinski definition) is 5. The lowest BCUT2D eigenvalue weighted by atomic mass is 9.97. The molecule has 1 aromatic heterocycles. The molecular formula is C21H25N3O2S2. The van der Waals surface area contributed by atoms with Gasteiger partial charge in [-0.05, 0) is 61.5 Å². The van der Waals surface area contributed by atoms with Crippen LogP contribution in [0.15, 0.2) is 40.6 Å². The van der Waals surface area contributed by atoms with Crippen LogP contribution in [0.3, 0.4) is 0 Å². The minimum atomic E-state index is -0.0976. The predicted octanol–water partition coefficient (Wildman–Crippen LogP) is 4.00. The first-order valence-corrected chi connectivity index (χ1v) is 11.6. The van der Waals surface area contributed by atoms with Crippen molar-refractivity contribution >= 4 is 40.6 Å². The monoisotopic (exact) mass is 415 g/mol. The maximum absolute atomic E-state index is 12.8. The van der Waals surface area contributed by atoms with Crippen molar-refractivity contribution in [2.24, 2.45) is 5.92 Å². The van der Waals surface area contributed by atoms with E-state index in [0.29, 0.717) is 17.9 Å². The van der Waals surface area contributed by atoms with Gasteiger partial charge in [-0.15, -0.1) is 23.1 Å². The molecule has 0 aliphatic carbocycles. The van der Waals surface area contributed by atoms with Gasteiger partial charge in [-0.25, -0.2) is 0 Å². The summed E-state index contributed by atoms with van der Waals surface area (Å²) in [7, 11) is 0. The van der Waals surface area contributed by atoms with Crippen LogP contribution in [0.4, 0.5) is 5.69 Å². The van der Waals surface area contributed by atoms with Crippen LogP contribution in [0.25, 0.3) is 0 Å². The molecule has 3 heterocycles. The summed E-state index contributed by atoms with van der Waals surface area (Å²) in [5.74, 6) is 1.08. The van der Waals surface area contributed by atoms with E-state index in [4.69, 9.17) is 0 Å². The first-order chi connectivity index (χ1) is 13.6. The highest BCUT2D eigenvalue weighted by Gasteiger charge is 2.26. The molecule has 28 heavy (non-hydrogen) atoms. The first kappa shape index (κ1) is 19.5. The zero-order valence-corrected chi connectivity index (χ0v) is 17.6. The molecule has 1 fully saturated rings. The average molecular weight is 416 g/mol. The second kappa shape index (κ2) is 8.68. The number of nitrogens with zero attached hydrogens (tertiary/aromatic N) is 1. The number of hydrogen-bond donors (Lipinski definition) is 2. The lowest BCUT2D eigenvalue weighted by molar-refractivity contribution is -0.113. The Hall–Kier alpha value is -1.83. The molecule has 4 rings (SSSR count). The number of rotatable bonds is 5. The van der Waals surface area contributed by atoms with Gasteiger partial charge >= 0.3 is 0 Å². The molecular weight excluding hydrogens is 390 g/mol. The van der Waals surface area contributed by atoms with Gasteiger partial charge in [-0.2, -0.15) is 0 Å². The van der Waals surface area contributed by atoms with Crippen molar-refractivity contribution in [3.8, 4) is 0 Å². The Balaban J connectivity index is 1.44. The molecule has 2 aliphatic rings. The molecule has 2 aromatic rings. The fourth-order valence-corrected chi connectivity index (χ4v) is 5.40. The van der Waals surface area contributed by atoms with Gasteiger partial charge in [0.2, 0.25) is 5.91 Å². The lowest BCUT2D eigenvalue weighted by Crippen LogP contribution is -2.41. The summed E-state index contributed by atoms with van der Waals surface area (Å²) in [6.45, 7) is 5.04. The predicted molar refractivity (Wildman–Crippen MR) is 115 cm³/mol. The van der Waals surface area contributed by atoms with Crippen LogP contribution >= 0.6 is 23.1 Å². The summed E-state index contributed by atoms with van der Waals surface area (Å²) < 4.78 is 0. The average Bonchev–Trinajstić information content (AvgIpc) is 3.23. The van der Waals surface area contributed by atoms with Crippen LogP contribution in [-0.2, 0) is 4.79 Å². The molecule has 2 amide bonds. The second-order valence-corrected chi connectivity index (χ2v) is 9.50. The molecule has 1 atom stereocenters. The molecule has 0 spiro atoms. The number of carbonyl (C=O) groups is 2. The third-order valence-corrected chi connectivity index (χ3v) is 7.51. The van der Waals surface area contributed by atoms with Crippen molar-refractivity contribution in [2.75, 3.05) is 30.7 Å². The summed E-state index contributed by atoms with van der Waals surface area (Å²) in [5, 5.41) is 8.07. The number of thiophene rings is 1. The van der Waals surface area contributed by atoms with Crippen LogP contribution in [0.1, 0.15) is 41.0 Å². The van der Waals surface area contributed by atoms with Gasteiger partial charge in [0, 0.05) is 21.9 Å². The van der Waals surface area contributed by atoms with Gasteiger partial charge in [-0.1, -0.05) is 13.0 Å². The van der Waals surface area contributed by atoms with Gasteiger partial charge < -0.3 is 10.6 Å². The van der Waals surface area contributed by atoms with E-state index in [2.05, 4.69) is 40.0 Å². The zero-order chi connectivity index (χ0) is 19.5. The Morgan fingerprint density at radius 1 is 1.32 bits per heavy atom. The molecule has 0 bridgehead atoms. The number of piperidine rings is 1. The number of fused-ring (bicyclic) bond motifs is 1. The summed E-state index contributed by atoms with van der Waals surface area (Å²) in [6.07, 6.45) is 2.41. The standard InChI is InChI=1S/C21H25N3O2S2/c1-14-6-8-24(9-7-14)17(19-3-2-10-27-19)12-22-21(26)15-4-5-18-16(11-15)23-20(25)13-28-18/h2-5,10-11,14,17H,6-9,12-13H2,1H3,(H,22,26)(H,23,25)/t17-/m1/s1. The number of carbonyl (C=O) groups excluding carboxylic acids is 2. The van der Waals surface area contributed by atoms with Crippen molar-refractivity contribution in [1.82, 2.24) is 10.2 Å². The van der Waals surface area contributed by atoms with E-state index in [1.165, 1.54) is 29.5 Å². The smallest absolute Gasteiger partial charge is 0.251 e. The highest BCUT2D eigenvalue weighted by molar-refractivity contribution is 8.00. The van der Waals surface area contributed by atoms with Gasteiger partial charge in [0.05, 0.1) is 17.5 Å². The molecule has 0 radical (unpaired) electrons. The SMILES string of the molecule is CC1CCN([C@H](CNC(=O)c2ccc3c(c2)NC(=O)CS3)c2cccs2)CC1. The van der Waals surface area contributed by atoms with Gasteiger partial charge in [0.25, 0.3) is 5.91 Å². The molecule has 0 saturated carbocycles. The molecule has 0 unspecified atom stereocenters. The maximum atomic E-state index is 12.8. The van der Waals surface area contributed by atoms with E-state index in [1.807, 2.05) is 12.1 Å². The topological polar surface area (TPSA) is 61.4 Å². The molecule has 2 aliphatic heterocycles. The minimum Gasteiger partial charge on any atom is -0.350 e. The Bertz CT molecular complexity index is 845. The van der Waals surface area contributed by atoms with E-state index in [-0.39, 0.29) is 17.9 Å². The minimum absolute atomic E-state index is 0.0212. The quantitative estimate of drug-likeness (QED) is 0.775. The number of nitrogens with one attached hydrogen (secondary N) is 2. The number of likely N-dealkylation sites (tertiary alicyclic amines) is 1. The molecule has 7 heteroatoms. The molecule has 1 saturated heterocycles. The van der Waals surface area contributed by atoms with E-state index in [9.17, 15) is 9.59 Å². The van der Waals surface area contributed by atoms with Crippen molar-refractivity contribution in [3.05, 3.63) is 46.2 Å². The fourth-order valence-electron chi connectivity index (χ4n) is 3.75. The first-order valence-electron chi connectivity index (χ1n) is 9.72. The fraction of sp³-hybridized carbons (Fsp3) is 0.429. The van der Waals surface area contributed by atoms with Crippen LogP contribution < -0.4 is 10.6 Å². The van der Waals surface area contributed by atoms with Gasteiger partial charge in [0.15, 0.2) is 0 Å². The number of benzene rings is 1. The Morgan fingerprint density at radius 2 is 2.14 bits per heavy atom. The lowest BCUT2D eigenvalue weighted by Gasteiger charge is -2.36. The van der Waals surface area contributed by atoms with Gasteiger partial charge in [-0.3, -0.25) is 14.5 Å². The second-order valence-electron chi connectivity index (χ2n) is 7.51. The van der Waals surface area contributed by atoms with E-state index >= 15 is 0 Å². The highest BCUT2D eigenvalue weighted by atomic mass is 32.2. The van der Waals surface area contributed by atoms with Crippen molar-refractivity contribution in [2.45, 2.75) is 30.7 Å². The van der Waals surface area contributed by atoms with Gasteiger partial charge in [0.1, 0.15) is 0 Å². The normalized spacial score (nSPS) is 19.0. The molecule has 1 aromatic carbocycles. The summed E-state index contributed by atoms with van der Waals surface area (Å²) >= 11 is 3.25. The van der Waals surface area contributed by atoms with E-state index in [1.54, 1.807) is 17.4 Å². The number of thioether (sulfide) groups is 1. The van der Waals surface area contributed by atoms with E-state index in [0.717, 1.165) is 29.6 Å². The summed E-state index contributed by atoms with van der Waals surface area (Å²) in [5.41, 5.74) is 1.31. The molecule has 2 N–H and O–H groups in total. The van der Waals surface area contributed by atoms with Crippen molar-refractivity contribution < 1.29 is 9.59 Å². The summed E-state index contributed by atoms with van der Waals surface area (Å²) in [6, 6.07) is 9.97. The van der Waals surface area contributed by atoms with Crippen LogP contribution in [0.2, 0.25) is 0 Å². The number of anilines is 1. The van der Waals surface area contributed by atoms with E-state index < -0.39 is 0 Å². The Kier molecular flexibility index (Phi) is 6.04. The van der Waals surface area contributed by atoms with Crippen LogP contribution in [0, 0.1) is 5.92 Å².